The molecule has 0 heterocycles. The summed E-state index contributed by atoms with van der Waals surface area (Å²) in [5.74, 6) is 0. The second kappa shape index (κ2) is 8.98. The van der Waals surface area contributed by atoms with Crippen LogP contribution < -0.4 is 5.32 Å². The van der Waals surface area contributed by atoms with E-state index in [9.17, 15) is 0 Å². The molecule has 0 aliphatic carbocycles. The van der Waals surface area contributed by atoms with Gasteiger partial charge in [0.1, 0.15) is 0 Å². The summed E-state index contributed by atoms with van der Waals surface area (Å²) < 4.78 is 0. The lowest BCUT2D eigenvalue weighted by Gasteiger charge is -2.20. The maximum Gasteiger partial charge on any atom is 0.0635 e. The summed E-state index contributed by atoms with van der Waals surface area (Å²) >= 11 is 0. The first-order valence-corrected chi connectivity index (χ1v) is 5.46. The van der Waals surface area contributed by atoms with Crippen LogP contribution in [0.3, 0.4) is 0 Å². The Hall–Kier alpha value is -0.590. The Labute approximate surface area is 88.1 Å². The number of unbranched alkanes of at least 4 members (excludes halogenated alkanes) is 1. The quantitative estimate of drug-likeness (QED) is 0.601. The van der Waals surface area contributed by atoms with Gasteiger partial charge >= 0.3 is 0 Å². The second-order valence-corrected chi connectivity index (χ2v) is 3.94. The summed E-state index contributed by atoms with van der Waals surface area (Å²) in [7, 11) is 2.16. The Bertz CT molecular complexity index is 160. The van der Waals surface area contributed by atoms with E-state index in [1.165, 1.54) is 12.8 Å². The standard InChI is InChI=1S/C11H23N3/c1-11(2)14(3)10-5-4-8-13-9-6-7-12/h11,13H,4-6,8-10H2,1-3H3. The second-order valence-electron chi connectivity index (χ2n) is 3.94. The lowest BCUT2D eigenvalue weighted by atomic mass is 10.2. The van der Waals surface area contributed by atoms with E-state index in [4.69, 9.17) is 5.26 Å². The molecule has 0 aromatic rings. The molecule has 0 saturated carbocycles. The van der Waals surface area contributed by atoms with E-state index in [-0.39, 0.29) is 0 Å². The molecule has 0 fully saturated rings. The van der Waals surface area contributed by atoms with Crippen LogP contribution in [0.1, 0.15) is 33.1 Å². The van der Waals surface area contributed by atoms with Crippen LogP contribution in [0.25, 0.3) is 0 Å². The molecule has 0 radical (unpaired) electrons. The first-order chi connectivity index (χ1) is 6.68. The van der Waals surface area contributed by atoms with Crippen LogP contribution >= 0.6 is 0 Å². The Morgan fingerprint density at radius 2 is 2.00 bits per heavy atom. The van der Waals surface area contributed by atoms with Crippen molar-refractivity contribution < 1.29 is 0 Å². The predicted molar refractivity (Wildman–Crippen MR) is 60.1 cm³/mol. The molecule has 0 bridgehead atoms. The van der Waals surface area contributed by atoms with Gasteiger partial charge < -0.3 is 10.2 Å². The highest BCUT2D eigenvalue weighted by Crippen LogP contribution is 1.97. The van der Waals surface area contributed by atoms with E-state index in [0.29, 0.717) is 12.5 Å². The summed E-state index contributed by atoms with van der Waals surface area (Å²) in [6.07, 6.45) is 3.04. The smallest absolute Gasteiger partial charge is 0.0635 e. The van der Waals surface area contributed by atoms with Gasteiger partial charge in [0.05, 0.1) is 6.07 Å². The van der Waals surface area contributed by atoms with Crippen molar-refractivity contribution in [1.82, 2.24) is 10.2 Å². The lowest BCUT2D eigenvalue weighted by Crippen LogP contribution is -2.28. The van der Waals surface area contributed by atoms with Crippen molar-refractivity contribution in [2.75, 3.05) is 26.7 Å². The van der Waals surface area contributed by atoms with E-state index < -0.39 is 0 Å². The zero-order chi connectivity index (χ0) is 10.8. The van der Waals surface area contributed by atoms with Crippen molar-refractivity contribution in [3.8, 4) is 6.07 Å². The first kappa shape index (κ1) is 13.4. The van der Waals surface area contributed by atoms with Crippen LogP contribution in [-0.4, -0.2) is 37.6 Å². The van der Waals surface area contributed by atoms with Crippen LogP contribution in [0.4, 0.5) is 0 Å². The highest BCUT2D eigenvalue weighted by molar-refractivity contribution is 4.69. The zero-order valence-electron chi connectivity index (χ0n) is 9.71. The Morgan fingerprint density at radius 3 is 2.57 bits per heavy atom. The van der Waals surface area contributed by atoms with Gasteiger partial charge in [-0.3, -0.25) is 0 Å². The molecule has 3 nitrogen and oxygen atoms in total. The molecule has 0 spiro atoms. The van der Waals surface area contributed by atoms with Gasteiger partial charge in [-0.25, -0.2) is 0 Å². The third kappa shape index (κ3) is 8.03. The molecule has 82 valence electrons. The van der Waals surface area contributed by atoms with Crippen molar-refractivity contribution in [2.45, 2.75) is 39.2 Å². The van der Waals surface area contributed by atoms with E-state index in [2.05, 4.69) is 37.2 Å². The summed E-state index contributed by atoms with van der Waals surface area (Å²) in [4.78, 5) is 2.36. The Kier molecular flexibility index (Phi) is 8.61. The van der Waals surface area contributed by atoms with Crippen LogP contribution in [0.2, 0.25) is 0 Å². The number of hydrogen-bond donors (Lipinski definition) is 1. The van der Waals surface area contributed by atoms with Gasteiger partial charge in [0.15, 0.2) is 0 Å². The third-order valence-corrected chi connectivity index (χ3v) is 2.41. The molecule has 0 saturated heterocycles. The minimum absolute atomic E-state index is 0.617. The topological polar surface area (TPSA) is 39.1 Å². The largest absolute Gasteiger partial charge is 0.316 e. The van der Waals surface area contributed by atoms with Crippen molar-refractivity contribution in [3.63, 3.8) is 0 Å². The van der Waals surface area contributed by atoms with E-state index in [0.717, 1.165) is 19.6 Å². The predicted octanol–water partition coefficient (Wildman–Crippen LogP) is 1.61. The zero-order valence-corrected chi connectivity index (χ0v) is 9.71. The van der Waals surface area contributed by atoms with Crippen molar-refractivity contribution >= 4 is 0 Å². The number of nitrogens with one attached hydrogen (secondary N) is 1. The average Bonchev–Trinajstić information content (AvgIpc) is 2.16. The molecule has 14 heavy (non-hydrogen) atoms. The highest BCUT2D eigenvalue weighted by Gasteiger charge is 2.01. The Balaban J connectivity index is 3.10. The maximum atomic E-state index is 8.31. The molecular formula is C11H23N3. The number of nitrogens with zero attached hydrogens (tertiary/aromatic N) is 2. The van der Waals surface area contributed by atoms with E-state index in [1.807, 2.05) is 0 Å². The molecule has 0 aliphatic rings. The van der Waals surface area contributed by atoms with E-state index in [1.54, 1.807) is 0 Å². The summed E-state index contributed by atoms with van der Waals surface area (Å²) in [5, 5.41) is 11.6. The molecule has 0 amide bonds. The lowest BCUT2D eigenvalue weighted by molar-refractivity contribution is 0.268. The summed E-state index contributed by atoms with van der Waals surface area (Å²) in [6, 6.07) is 2.76. The molecule has 0 rings (SSSR count). The minimum Gasteiger partial charge on any atom is -0.316 e. The molecule has 1 N–H and O–H groups in total. The average molecular weight is 197 g/mol. The van der Waals surface area contributed by atoms with Gasteiger partial charge in [0.2, 0.25) is 0 Å². The fourth-order valence-corrected chi connectivity index (χ4v) is 1.14. The van der Waals surface area contributed by atoms with Gasteiger partial charge in [0, 0.05) is 19.0 Å². The van der Waals surface area contributed by atoms with Crippen LogP contribution in [-0.2, 0) is 0 Å². The summed E-state index contributed by atoms with van der Waals surface area (Å²) in [5.41, 5.74) is 0. The molecule has 0 atom stereocenters. The molecule has 0 aromatic heterocycles. The SMILES string of the molecule is CC(C)N(C)CCCCNCCC#N. The fourth-order valence-electron chi connectivity index (χ4n) is 1.14. The monoisotopic (exact) mass is 197 g/mol. The van der Waals surface area contributed by atoms with Gasteiger partial charge in [-0.05, 0) is 46.8 Å². The molecule has 0 unspecified atom stereocenters. The van der Waals surface area contributed by atoms with Gasteiger partial charge in [0.25, 0.3) is 0 Å². The molecule has 0 aliphatic heterocycles. The van der Waals surface area contributed by atoms with E-state index >= 15 is 0 Å². The van der Waals surface area contributed by atoms with Crippen LogP contribution in [0.15, 0.2) is 0 Å². The van der Waals surface area contributed by atoms with Crippen LogP contribution in [0.5, 0.6) is 0 Å². The maximum absolute atomic E-state index is 8.31. The fraction of sp³-hybridized carbons (Fsp3) is 0.909. The first-order valence-electron chi connectivity index (χ1n) is 5.46. The third-order valence-electron chi connectivity index (χ3n) is 2.41. The highest BCUT2D eigenvalue weighted by atomic mass is 15.1. The molecule has 0 aromatic carbocycles. The number of nitriles is 1. The van der Waals surface area contributed by atoms with Crippen molar-refractivity contribution in [2.24, 2.45) is 0 Å². The minimum atomic E-state index is 0.617. The van der Waals surface area contributed by atoms with Gasteiger partial charge in [-0.2, -0.15) is 5.26 Å². The van der Waals surface area contributed by atoms with Gasteiger partial charge in [-0.15, -0.1) is 0 Å². The Morgan fingerprint density at radius 1 is 1.29 bits per heavy atom. The normalized spacial score (nSPS) is 10.9. The van der Waals surface area contributed by atoms with Crippen LogP contribution in [0, 0.1) is 11.3 Å². The summed E-state index contributed by atoms with van der Waals surface area (Å²) in [6.45, 7) is 7.46. The van der Waals surface area contributed by atoms with Gasteiger partial charge in [-0.1, -0.05) is 0 Å². The van der Waals surface area contributed by atoms with Crippen molar-refractivity contribution in [3.05, 3.63) is 0 Å². The van der Waals surface area contributed by atoms with Crippen molar-refractivity contribution in [1.29, 1.82) is 5.26 Å². The number of rotatable bonds is 8. The number of hydrogen-bond acceptors (Lipinski definition) is 3. The molecular weight excluding hydrogens is 174 g/mol. The molecule has 3 heteroatoms.